The highest BCUT2D eigenvalue weighted by Crippen LogP contribution is 2.33. The molecular weight excluding hydrogens is 601 g/mol. The third-order valence-electron chi connectivity index (χ3n) is 6.51. The average Bonchev–Trinajstić information content (AvgIpc) is 2.97. The number of carbonyl (C=O) groups is 2. The lowest BCUT2D eigenvalue weighted by Crippen LogP contribution is -2.51. The van der Waals surface area contributed by atoms with Crippen LogP contribution in [0.25, 0.3) is 0 Å². The number of amides is 2. The van der Waals surface area contributed by atoms with Crippen molar-refractivity contribution in [3.05, 3.63) is 82.3 Å². The minimum atomic E-state index is -4.30. The number of carbonyl (C=O) groups excluding carboxylic acids is 2. The van der Waals surface area contributed by atoms with E-state index in [0.29, 0.717) is 27.9 Å². The Morgan fingerprint density at radius 2 is 1.50 bits per heavy atom. The van der Waals surface area contributed by atoms with Gasteiger partial charge in [-0.05, 0) is 49.2 Å². The number of methoxy groups -OCH3 is 2. The molecule has 42 heavy (non-hydrogen) atoms. The first kappa shape index (κ1) is 33.0. The first-order valence-electron chi connectivity index (χ1n) is 13.2. The number of hydrogen-bond acceptors (Lipinski definition) is 6. The van der Waals surface area contributed by atoms with E-state index < -0.39 is 34.4 Å². The van der Waals surface area contributed by atoms with Crippen LogP contribution in [0.4, 0.5) is 5.69 Å². The first-order valence-corrected chi connectivity index (χ1v) is 15.4. The lowest BCUT2D eigenvalue weighted by molar-refractivity contribution is -0.139. The Labute approximate surface area is 257 Å². The van der Waals surface area contributed by atoms with Crippen molar-refractivity contribution < 1.29 is 27.5 Å². The second-order valence-electron chi connectivity index (χ2n) is 9.90. The number of ether oxygens (including phenoxy) is 2. The molecule has 1 N–H and O–H groups in total. The Hall–Kier alpha value is -3.47. The zero-order valence-electron chi connectivity index (χ0n) is 24.1. The highest BCUT2D eigenvalue weighted by molar-refractivity contribution is 7.92. The summed E-state index contributed by atoms with van der Waals surface area (Å²) in [6, 6.07) is 16.4. The molecule has 3 aromatic carbocycles. The van der Waals surface area contributed by atoms with Crippen LogP contribution >= 0.6 is 23.2 Å². The van der Waals surface area contributed by atoms with E-state index in [1.165, 1.54) is 37.3 Å². The normalized spacial score (nSPS) is 12.0. The fraction of sp³-hybridized carbons (Fsp3) is 0.333. The third-order valence-corrected chi connectivity index (χ3v) is 8.99. The molecule has 0 fully saturated rings. The number of para-hydroxylation sites is 1. The van der Waals surface area contributed by atoms with Crippen molar-refractivity contribution in [2.75, 3.05) is 31.6 Å². The summed E-state index contributed by atoms with van der Waals surface area (Å²) >= 11 is 12.8. The Balaban J connectivity index is 2.06. The van der Waals surface area contributed by atoms with E-state index in [1.54, 1.807) is 55.5 Å². The van der Waals surface area contributed by atoms with Gasteiger partial charge in [0.15, 0.2) is 11.5 Å². The standard InChI is InChI=1S/C30H35Cl2N3O6S/c1-20(2)17-33-30(37)21(3)34(18-24-25(31)12-9-13-26(24)32)29(36)19-35(22-10-7-6-8-11-22)42(38,39)23-14-15-27(40-4)28(16-23)41-5/h6-16,20-21H,17-19H2,1-5H3,(H,33,37)/t21-/m1/s1. The predicted octanol–water partition coefficient (Wildman–Crippen LogP) is 5.40. The van der Waals surface area contributed by atoms with Gasteiger partial charge in [0.25, 0.3) is 10.0 Å². The number of hydrogen-bond donors (Lipinski definition) is 1. The van der Waals surface area contributed by atoms with E-state index in [0.717, 1.165) is 4.31 Å². The van der Waals surface area contributed by atoms with Gasteiger partial charge in [0.1, 0.15) is 12.6 Å². The van der Waals surface area contributed by atoms with Gasteiger partial charge >= 0.3 is 0 Å². The molecule has 0 radical (unpaired) electrons. The van der Waals surface area contributed by atoms with Gasteiger partial charge in [-0.2, -0.15) is 0 Å². The van der Waals surface area contributed by atoms with Crippen molar-refractivity contribution in [3.63, 3.8) is 0 Å². The lowest BCUT2D eigenvalue weighted by Gasteiger charge is -2.32. The summed E-state index contributed by atoms with van der Waals surface area (Å²) < 4.78 is 39.6. The summed E-state index contributed by atoms with van der Waals surface area (Å²) in [6.45, 7) is 5.16. The van der Waals surface area contributed by atoms with E-state index >= 15 is 0 Å². The van der Waals surface area contributed by atoms with Crippen molar-refractivity contribution in [1.29, 1.82) is 0 Å². The van der Waals surface area contributed by atoms with Gasteiger partial charge in [-0.1, -0.05) is 61.3 Å². The molecule has 0 bridgehead atoms. The van der Waals surface area contributed by atoms with Gasteiger partial charge in [0, 0.05) is 34.8 Å². The SMILES string of the molecule is COc1ccc(S(=O)(=O)N(CC(=O)N(Cc2c(Cl)cccc2Cl)[C@H](C)C(=O)NCC(C)C)c2ccccc2)cc1OC. The highest BCUT2D eigenvalue weighted by Gasteiger charge is 2.33. The summed E-state index contributed by atoms with van der Waals surface area (Å²) in [5, 5.41) is 3.47. The summed E-state index contributed by atoms with van der Waals surface area (Å²) in [4.78, 5) is 28.3. The Kier molecular flexibility index (Phi) is 11.5. The van der Waals surface area contributed by atoms with Gasteiger partial charge in [-0.3, -0.25) is 13.9 Å². The smallest absolute Gasteiger partial charge is 0.264 e. The van der Waals surface area contributed by atoms with Crippen molar-refractivity contribution in [2.45, 2.75) is 38.3 Å². The zero-order valence-corrected chi connectivity index (χ0v) is 26.5. The van der Waals surface area contributed by atoms with Crippen LogP contribution in [-0.4, -0.2) is 58.5 Å². The molecule has 0 saturated heterocycles. The molecule has 0 spiro atoms. The maximum absolute atomic E-state index is 14.0. The number of rotatable bonds is 13. The molecule has 0 aromatic heterocycles. The Bertz CT molecular complexity index is 1480. The second kappa shape index (κ2) is 14.6. The van der Waals surface area contributed by atoms with Gasteiger partial charge in [0.2, 0.25) is 11.8 Å². The van der Waals surface area contributed by atoms with E-state index in [1.807, 2.05) is 13.8 Å². The molecule has 9 nitrogen and oxygen atoms in total. The van der Waals surface area contributed by atoms with Crippen molar-refractivity contribution in [1.82, 2.24) is 10.2 Å². The molecule has 0 aliphatic rings. The molecule has 226 valence electrons. The van der Waals surface area contributed by atoms with Crippen LogP contribution in [-0.2, 0) is 26.2 Å². The number of sulfonamides is 1. The fourth-order valence-electron chi connectivity index (χ4n) is 4.12. The monoisotopic (exact) mass is 635 g/mol. The average molecular weight is 637 g/mol. The first-order chi connectivity index (χ1) is 19.9. The zero-order chi connectivity index (χ0) is 31.0. The number of nitrogens with one attached hydrogen (secondary N) is 1. The molecule has 12 heteroatoms. The topological polar surface area (TPSA) is 105 Å². The minimum Gasteiger partial charge on any atom is -0.493 e. The molecule has 3 aromatic rings. The summed E-state index contributed by atoms with van der Waals surface area (Å²) in [5.41, 5.74) is 0.694. The predicted molar refractivity (Wildman–Crippen MR) is 165 cm³/mol. The number of halogens is 2. The third kappa shape index (κ3) is 7.87. The van der Waals surface area contributed by atoms with Crippen LogP contribution in [0.2, 0.25) is 10.0 Å². The van der Waals surface area contributed by atoms with E-state index in [4.69, 9.17) is 32.7 Å². The minimum absolute atomic E-state index is 0.111. The Morgan fingerprint density at radius 1 is 0.881 bits per heavy atom. The molecule has 3 rings (SSSR count). The number of nitrogens with zero attached hydrogens (tertiary/aromatic N) is 2. The van der Waals surface area contributed by atoms with E-state index in [9.17, 15) is 18.0 Å². The van der Waals surface area contributed by atoms with Crippen LogP contribution in [0.1, 0.15) is 26.3 Å². The maximum Gasteiger partial charge on any atom is 0.264 e. The molecule has 0 saturated carbocycles. The van der Waals surface area contributed by atoms with Crippen molar-refractivity contribution in [3.8, 4) is 11.5 Å². The van der Waals surface area contributed by atoms with Gasteiger partial charge in [0.05, 0.1) is 24.8 Å². The van der Waals surface area contributed by atoms with Crippen LogP contribution in [0.3, 0.4) is 0 Å². The van der Waals surface area contributed by atoms with Crippen LogP contribution < -0.4 is 19.1 Å². The lowest BCUT2D eigenvalue weighted by atomic mass is 10.1. The largest absolute Gasteiger partial charge is 0.493 e. The summed E-state index contributed by atoms with van der Waals surface area (Å²) in [7, 11) is -1.46. The molecular formula is C30H35Cl2N3O6S. The summed E-state index contributed by atoms with van der Waals surface area (Å²) in [6.07, 6.45) is 0. The molecule has 0 heterocycles. The quantitative estimate of drug-likeness (QED) is 0.270. The second-order valence-corrected chi connectivity index (χ2v) is 12.6. The number of benzene rings is 3. The maximum atomic E-state index is 14.0. The molecule has 0 aliphatic heterocycles. The van der Waals surface area contributed by atoms with Crippen molar-refractivity contribution >= 4 is 50.7 Å². The van der Waals surface area contributed by atoms with Crippen LogP contribution in [0.5, 0.6) is 11.5 Å². The van der Waals surface area contributed by atoms with Gasteiger partial charge in [-0.15, -0.1) is 0 Å². The number of anilines is 1. The van der Waals surface area contributed by atoms with E-state index in [2.05, 4.69) is 5.32 Å². The molecule has 2 amide bonds. The Morgan fingerprint density at radius 3 is 2.07 bits per heavy atom. The van der Waals surface area contributed by atoms with Gasteiger partial charge in [-0.25, -0.2) is 8.42 Å². The summed E-state index contributed by atoms with van der Waals surface area (Å²) in [5.74, 6) is -0.282. The van der Waals surface area contributed by atoms with Crippen molar-refractivity contribution in [2.24, 2.45) is 5.92 Å². The molecule has 0 unspecified atom stereocenters. The molecule has 0 aliphatic carbocycles. The highest BCUT2D eigenvalue weighted by atomic mass is 35.5. The van der Waals surface area contributed by atoms with Gasteiger partial charge < -0.3 is 19.7 Å². The fourth-order valence-corrected chi connectivity index (χ4v) is 6.06. The van der Waals surface area contributed by atoms with Crippen LogP contribution in [0.15, 0.2) is 71.6 Å². The van der Waals surface area contributed by atoms with E-state index in [-0.39, 0.29) is 28.8 Å². The van der Waals surface area contributed by atoms with Crippen LogP contribution in [0, 0.1) is 5.92 Å². The molecule has 1 atom stereocenters.